The highest BCUT2D eigenvalue weighted by Crippen LogP contribution is 2.33. The largest absolute Gasteiger partial charge is 0.478 e. The highest BCUT2D eigenvalue weighted by Gasteiger charge is 2.24. The average Bonchev–Trinajstić information content (AvgIpc) is 3.27. The van der Waals surface area contributed by atoms with E-state index in [9.17, 15) is 38.7 Å². The second-order valence-corrected chi connectivity index (χ2v) is 17.9. The first-order chi connectivity index (χ1) is 31.5. The summed E-state index contributed by atoms with van der Waals surface area (Å²) in [5.41, 5.74) is 5.15. The van der Waals surface area contributed by atoms with Gasteiger partial charge in [0.1, 0.15) is 5.78 Å². The van der Waals surface area contributed by atoms with Crippen molar-refractivity contribution in [3.8, 4) is 0 Å². The molecule has 8 N–H and O–H groups in total. The fourth-order valence-corrected chi connectivity index (χ4v) is 7.79. The number of ketones is 2. The molecule has 360 valence electrons. The van der Waals surface area contributed by atoms with Crippen molar-refractivity contribution >= 4 is 52.8 Å². The molecule has 0 aliphatic heterocycles. The van der Waals surface area contributed by atoms with Crippen LogP contribution in [0.1, 0.15) is 177 Å². The number of hydrogen-bond acceptors (Lipinski definition) is 10. The fraction of sp³-hybridized carbons (Fsp3) is 0.404. The number of benzene rings is 4. The predicted octanol–water partition coefficient (Wildman–Crippen LogP) is 10.2. The molecule has 15 heteroatoms. The van der Waals surface area contributed by atoms with E-state index >= 15 is 0 Å². The first kappa shape index (κ1) is 54.5. The number of rotatable bonds is 19. The van der Waals surface area contributed by atoms with Crippen LogP contribution in [-0.4, -0.2) is 80.0 Å². The summed E-state index contributed by atoms with van der Waals surface area (Å²) < 4.78 is 0. The molecule has 0 amide bonds. The molecule has 1 aliphatic rings. The second kappa shape index (κ2) is 25.7. The van der Waals surface area contributed by atoms with Crippen LogP contribution in [0.5, 0.6) is 0 Å². The number of carboxylic acid groups (broad SMARTS) is 5. The van der Waals surface area contributed by atoms with Gasteiger partial charge in [0, 0.05) is 36.6 Å². The number of aromatic carboxylic acids is 5. The third-order valence-corrected chi connectivity index (χ3v) is 11.6. The van der Waals surface area contributed by atoms with Crippen molar-refractivity contribution in [2.75, 3.05) is 23.7 Å². The second-order valence-electron chi connectivity index (χ2n) is 17.9. The van der Waals surface area contributed by atoms with Crippen molar-refractivity contribution in [2.45, 2.75) is 106 Å². The van der Waals surface area contributed by atoms with Crippen LogP contribution < -0.4 is 16.0 Å². The maximum atomic E-state index is 11.5. The van der Waals surface area contributed by atoms with Crippen LogP contribution >= 0.6 is 0 Å². The van der Waals surface area contributed by atoms with Gasteiger partial charge < -0.3 is 41.5 Å². The zero-order valence-electron chi connectivity index (χ0n) is 39.6. The van der Waals surface area contributed by atoms with Gasteiger partial charge in [-0.25, -0.2) is 24.0 Å². The van der Waals surface area contributed by atoms with Gasteiger partial charge in [0.2, 0.25) is 0 Å². The van der Waals surface area contributed by atoms with Crippen LogP contribution in [0.4, 0.5) is 11.4 Å². The van der Waals surface area contributed by atoms with Gasteiger partial charge in [0.05, 0.1) is 34.4 Å². The SMILES string of the molecule is CC(=O)CNCc1cc(C(=O)O)cc(C(=O)O)c1C(C)C.CC(=O)c1cc(NCc2ccc(C(C)C)cc2)cc(C(=O)O)c1.CC(C)C1CCC(CNc2cc(C(=O)O)cc(C(=O)O)c2)CC1. The summed E-state index contributed by atoms with van der Waals surface area (Å²) >= 11 is 0. The molecule has 1 fully saturated rings. The average molecular weight is 924 g/mol. The van der Waals surface area contributed by atoms with Crippen molar-refractivity contribution in [3.05, 3.63) is 128 Å². The lowest BCUT2D eigenvalue weighted by Crippen LogP contribution is -2.23. The molecule has 4 aromatic carbocycles. The first-order valence-electron chi connectivity index (χ1n) is 22.4. The summed E-state index contributed by atoms with van der Waals surface area (Å²) in [5, 5.41) is 55.0. The zero-order valence-corrected chi connectivity index (χ0v) is 39.6. The molecule has 0 unspecified atom stereocenters. The Balaban J connectivity index is 0.000000267. The van der Waals surface area contributed by atoms with Gasteiger partial charge in [-0.1, -0.05) is 65.8 Å². The number of nitrogens with one attached hydrogen (secondary N) is 3. The van der Waals surface area contributed by atoms with Gasteiger partial charge in [-0.15, -0.1) is 0 Å². The third-order valence-electron chi connectivity index (χ3n) is 11.6. The smallest absolute Gasteiger partial charge is 0.336 e. The van der Waals surface area contributed by atoms with Gasteiger partial charge in [-0.3, -0.25) is 9.59 Å². The van der Waals surface area contributed by atoms with E-state index in [1.807, 2.05) is 13.8 Å². The van der Waals surface area contributed by atoms with E-state index in [4.69, 9.17) is 20.4 Å². The van der Waals surface area contributed by atoms with E-state index in [0.717, 1.165) is 23.9 Å². The number of Topliss-reactive ketones (excluding diaryl/α,β-unsaturated/α-hetero) is 2. The third kappa shape index (κ3) is 17.5. The summed E-state index contributed by atoms with van der Waals surface area (Å²) in [7, 11) is 0. The molecule has 0 atom stereocenters. The molecule has 0 aromatic heterocycles. The summed E-state index contributed by atoms with van der Waals surface area (Å²) in [4.78, 5) is 78.4. The van der Waals surface area contributed by atoms with E-state index in [-0.39, 0.29) is 58.4 Å². The minimum absolute atomic E-state index is 0.00378. The van der Waals surface area contributed by atoms with Crippen LogP contribution in [0.2, 0.25) is 0 Å². The number of carbonyl (C=O) groups excluding carboxylic acids is 2. The quantitative estimate of drug-likeness (QED) is 0.0407. The molecule has 15 nitrogen and oxygen atoms in total. The normalized spacial score (nSPS) is 14.3. The summed E-state index contributed by atoms with van der Waals surface area (Å²) in [6.07, 6.45) is 4.81. The van der Waals surface area contributed by atoms with E-state index in [0.29, 0.717) is 46.4 Å². The molecule has 0 saturated heterocycles. The van der Waals surface area contributed by atoms with E-state index in [1.54, 1.807) is 6.07 Å². The monoisotopic (exact) mass is 923 g/mol. The molecule has 5 rings (SSSR count). The first-order valence-corrected chi connectivity index (χ1v) is 22.4. The lowest BCUT2D eigenvalue weighted by atomic mass is 9.77. The van der Waals surface area contributed by atoms with Gasteiger partial charge in [-0.2, -0.15) is 0 Å². The molecular formula is C52H65N3O12. The lowest BCUT2D eigenvalue weighted by Gasteiger charge is -2.31. The van der Waals surface area contributed by atoms with Crippen LogP contribution in [0, 0.1) is 17.8 Å². The topological polar surface area (TPSA) is 257 Å². The van der Waals surface area contributed by atoms with Gasteiger partial charge in [0.15, 0.2) is 5.78 Å². The number of hydrogen-bond donors (Lipinski definition) is 8. The molecule has 0 bridgehead atoms. The molecule has 67 heavy (non-hydrogen) atoms. The fourth-order valence-electron chi connectivity index (χ4n) is 7.79. The minimum atomic E-state index is -1.18. The summed E-state index contributed by atoms with van der Waals surface area (Å²) in [6, 6.07) is 19.7. The Morgan fingerprint density at radius 1 is 0.552 bits per heavy atom. The highest BCUT2D eigenvalue weighted by molar-refractivity contribution is 5.99. The van der Waals surface area contributed by atoms with Crippen LogP contribution in [-0.2, 0) is 17.9 Å². The Kier molecular flexibility index (Phi) is 20.9. The van der Waals surface area contributed by atoms with Gasteiger partial charge in [-0.05, 0) is 140 Å². The molecule has 1 aliphatic carbocycles. The van der Waals surface area contributed by atoms with Crippen molar-refractivity contribution < 1.29 is 59.1 Å². The summed E-state index contributed by atoms with van der Waals surface area (Å²) in [5.74, 6) is -3.31. The Morgan fingerprint density at radius 3 is 1.46 bits per heavy atom. The number of carboxylic acids is 5. The van der Waals surface area contributed by atoms with E-state index < -0.39 is 29.8 Å². The minimum Gasteiger partial charge on any atom is -0.478 e. The molecular weight excluding hydrogens is 859 g/mol. The molecule has 0 spiro atoms. The molecule has 4 aromatic rings. The lowest BCUT2D eigenvalue weighted by molar-refractivity contribution is -0.116. The van der Waals surface area contributed by atoms with Gasteiger partial charge in [0.25, 0.3) is 0 Å². The van der Waals surface area contributed by atoms with Crippen LogP contribution in [0.15, 0.2) is 72.8 Å². The molecule has 0 radical (unpaired) electrons. The van der Waals surface area contributed by atoms with Gasteiger partial charge >= 0.3 is 29.8 Å². The Labute approximate surface area is 392 Å². The van der Waals surface area contributed by atoms with Crippen molar-refractivity contribution in [2.24, 2.45) is 17.8 Å². The van der Waals surface area contributed by atoms with Crippen molar-refractivity contribution in [1.82, 2.24) is 5.32 Å². The maximum Gasteiger partial charge on any atom is 0.336 e. The standard InChI is InChI=1S/C19H21NO3.C18H25NO4.C15H19NO5/c1-12(2)15-6-4-14(5-7-15)11-20-18-9-16(13(3)21)8-17(10-18)19(22)23;1-11(2)13-5-3-12(4-6-13)10-19-16-8-14(17(20)21)7-15(9-16)18(22)23;1-8(2)13-11(7-16-6-9(3)17)4-10(14(18)19)5-12(13)15(20)21/h4-10,12,20H,11H2,1-3H3,(H,22,23);7-9,11-13,19H,3-6,10H2,1-2H3,(H,20,21)(H,22,23);4-5,8,16H,6-7H2,1-3H3,(H,18,19)(H,20,21). The Bertz CT molecular complexity index is 2330. The predicted molar refractivity (Wildman–Crippen MR) is 257 cm³/mol. The maximum absolute atomic E-state index is 11.5. The Morgan fingerprint density at radius 2 is 1.03 bits per heavy atom. The van der Waals surface area contributed by atoms with Crippen LogP contribution in [0.3, 0.4) is 0 Å². The van der Waals surface area contributed by atoms with E-state index in [2.05, 4.69) is 67.9 Å². The number of carbonyl (C=O) groups is 7. The Hall–Kier alpha value is -6.87. The van der Waals surface area contributed by atoms with Crippen LogP contribution in [0.25, 0.3) is 0 Å². The highest BCUT2D eigenvalue weighted by atomic mass is 16.4. The zero-order chi connectivity index (χ0) is 50.1. The van der Waals surface area contributed by atoms with Crippen molar-refractivity contribution in [1.29, 1.82) is 0 Å². The van der Waals surface area contributed by atoms with E-state index in [1.165, 1.54) is 87.6 Å². The molecule has 0 heterocycles. The summed E-state index contributed by atoms with van der Waals surface area (Å²) in [6.45, 7) is 17.1. The molecule has 1 saturated carbocycles. The van der Waals surface area contributed by atoms with Crippen molar-refractivity contribution in [3.63, 3.8) is 0 Å². The number of anilines is 2.